The highest BCUT2D eigenvalue weighted by atomic mass is 19.1. The van der Waals surface area contributed by atoms with Crippen LogP contribution < -0.4 is 5.32 Å². The summed E-state index contributed by atoms with van der Waals surface area (Å²) < 4.78 is 19.1. The molecule has 7 nitrogen and oxygen atoms in total. The van der Waals surface area contributed by atoms with E-state index < -0.39 is 5.91 Å². The topological polar surface area (TPSA) is 81.8 Å². The predicted octanol–water partition coefficient (Wildman–Crippen LogP) is 2.19. The number of carbonyl (C=O) groups excluding carboxylic acids is 1. The standard InChI is InChI=1S/C22H29FN4O3/c1-2-3-7-18(28)14-26-9-11-27(12-10-26)15-21-25-20(16-30-21)22(29)24-13-17-6-4-5-8-19(17)23/h2,4-6,8,16,18,28H,1,3,7,9-15H2,(H,24,29). The number of nitrogens with zero attached hydrogens (tertiary/aromatic N) is 3. The fourth-order valence-electron chi connectivity index (χ4n) is 3.42. The molecule has 162 valence electrons. The van der Waals surface area contributed by atoms with E-state index in [9.17, 15) is 14.3 Å². The fraction of sp³-hybridized carbons (Fsp3) is 0.455. The third kappa shape index (κ3) is 6.48. The van der Waals surface area contributed by atoms with Crippen LogP contribution in [0.25, 0.3) is 0 Å². The predicted molar refractivity (Wildman–Crippen MR) is 111 cm³/mol. The van der Waals surface area contributed by atoms with Crippen LogP contribution in [-0.2, 0) is 13.1 Å². The average Bonchev–Trinajstić information content (AvgIpc) is 3.21. The lowest BCUT2D eigenvalue weighted by atomic mass is 10.1. The Bertz CT molecular complexity index is 833. The van der Waals surface area contributed by atoms with E-state index in [1.807, 2.05) is 6.08 Å². The maximum atomic E-state index is 13.6. The van der Waals surface area contributed by atoms with Crippen LogP contribution in [0, 0.1) is 5.82 Å². The molecule has 1 aliphatic rings. The van der Waals surface area contributed by atoms with Gasteiger partial charge >= 0.3 is 0 Å². The van der Waals surface area contributed by atoms with Gasteiger partial charge in [0.05, 0.1) is 12.6 Å². The Morgan fingerprint density at radius 2 is 2.03 bits per heavy atom. The number of oxazole rings is 1. The molecule has 1 aromatic carbocycles. The number of hydrogen-bond acceptors (Lipinski definition) is 6. The van der Waals surface area contributed by atoms with Crippen LogP contribution in [0.3, 0.4) is 0 Å². The van der Waals surface area contributed by atoms with Crippen molar-refractivity contribution in [2.24, 2.45) is 0 Å². The molecule has 1 fully saturated rings. The first-order chi connectivity index (χ1) is 14.5. The zero-order valence-electron chi connectivity index (χ0n) is 17.1. The van der Waals surface area contributed by atoms with Crippen molar-refractivity contribution < 1.29 is 18.7 Å². The summed E-state index contributed by atoms with van der Waals surface area (Å²) in [4.78, 5) is 21.0. The van der Waals surface area contributed by atoms with E-state index in [2.05, 4.69) is 26.7 Å². The van der Waals surface area contributed by atoms with Gasteiger partial charge in [0.1, 0.15) is 12.1 Å². The zero-order valence-corrected chi connectivity index (χ0v) is 17.1. The summed E-state index contributed by atoms with van der Waals surface area (Å²) in [7, 11) is 0. The van der Waals surface area contributed by atoms with Crippen molar-refractivity contribution in [3.05, 3.63) is 66.1 Å². The molecule has 1 unspecified atom stereocenters. The lowest BCUT2D eigenvalue weighted by Gasteiger charge is -2.34. The molecule has 1 aliphatic heterocycles. The highest BCUT2D eigenvalue weighted by molar-refractivity contribution is 5.91. The quantitative estimate of drug-likeness (QED) is 0.578. The normalized spacial score (nSPS) is 16.3. The number of nitrogens with one attached hydrogen (secondary N) is 1. The van der Waals surface area contributed by atoms with Gasteiger partial charge in [-0.1, -0.05) is 24.3 Å². The van der Waals surface area contributed by atoms with Crippen molar-refractivity contribution >= 4 is 5.91 Å². The molecule has 8 heteroatoms. The molecule has 2 aromatic rings. The zero-order chi connectivity index (χ0) is 21.3. The van der Waals surface area contributed by atoms with Crippen molar-refractivity contribution in [1.29, 1.82) is 0 Å². The van der Waals surface area contributed by atoms with Gasteiger partial charge in [-0.15, -0.1) is 6.58 Å². The van der Waals surface area contributed by atoms with Gasteiger partial charge in [0.2, 0.25) is 5.89 Å². The summed E-state index contributed by atoms with van der Waals surface area (Å²) in [5.41, 5.74) is 0.604. The van der Waals surface area contributed by atoms with Gasteiger partial charge < -0.3 is 14.8 Å². The molecular weight excluding hydrogens is 387 g/mol. The van der Waals surface area contributed by atoms with E-state index in [4.69, 9.17) is 4.42 Å². The number of aliphatic hydroxyl groups excluding tert-OH is 1. The second-order valence-electron chi connectivity index (χ2n) is 7.50. The number of carbonyl (C=O) groups is 1. The van der Waals surface area contributed by atoms with Crippen molar-refractivity contribution in [2.45, 2.75) is 32.0 Å². The number of rotatable bonds is 10. The molecule has 3 rings (SSSR count). The number of hydrogen-bond donors (Lipinski definition) is 2. The van der Waals surface area contributed by atoms with Crippen LogP contribution in [0.2, 0.25) is 0 Å². The fourth-order valence-corrected chi connectivity index (χ4v) is 3.42. The molecule has 1 atom stereocenters. The van der Waals surface area contributed by atoms with Crippen molar-refractivity contribution in [1.82, 2.24) is 20.1 Å². The molecule has 0 saturated carbocycles. The van der Waals surface area contributed by atoms with Gasteiger partial charge in [0.25, 0.3) is 5.91 Å². The number of amides is 1. The first kappa shape index (κ1) is 22.1. The van der Waals surface area contributed by atoms with Crippen LogP contribution in [-0.4, -0.2) is 64.6 Å². The van der Waals surface area contributed by atoms with E-state index >= 15 is 0 Å². The Morgan fingerprint density at radius 1 is 1.30 bits per heavy atom. The molecule has 30 heavy (non-hydrogen) atoms. The summed E-state index contributed by atoms with van der Waals surface area (Å²) in [6, 6.07) is 6.31. The van der Waals surface area contributed by atoms with E-state index in [0.717, 1.165) is 39.0 Å². The number of allylic oxidation sites excluding steroid dienone is 1. The molecule has 0 aliphatic carbocycles. The maximum absolute atomic E-state index is 13.6. The summed E-state index contributed by atoms with van der Waals surface area (Å²) in [5, 5.41) is 12.7. The van der Waals surface area contributed by atoms with Crippen LogP contribution in [0.4, 0.5) is 4.39 Å². The first-order valence-corrected chi connectivity index (χ1v) is 10.2. The Kier molecular flexibility index (Phi) is 8.12. The Labute approximate surface area is 176 Å². The molecule has 0 spiro atoms. The van der Waals surface area contributed by atoms with Crippen LogP contribution in [0.1, 0.15) is 34.8 Å². The second-order valence-corrected chi connectivity index (χ2v) is 7.50. The third-order valence-corrected chi connectivity index (χ3v) is 5.18. The van der Waals surface area contributed by atoms with Crippen LogP contribution in [0.15, 0.2) is 47.6 Å². The van der Waals surface area contributed by atoms with E-state index in [0.29, 0.717) is 24.5 Å². The lowest BCUT2D eigenvalue weighted by molar-refractivity contribution is 0.0642. The number of halogens is 1. The van der Waals surface area contributed by atoms with Gasteiger partial charge in [-0.05, 0) is 18.9 Å². The number of β-amino-alcohol motifs (C(OH)–C–C–N with tert-alkyl or cyclic N) is 1. The minimum Gasteiger partial charge on any atom is -0.447 e. The summed E-state index contributed by atoms with van der Waals surface area (Å²) in [6.07, 6.45) is 4.39. The Hall–Kier alpha value is -2.55. The summed E-state index contributed by atoms with van der Waals surface area (Å²) in [5.74, 6) is -0.275. The Morgan fingerprint density at radius 3 is 2.77 bits per heavy atom. The summed E-state index contributed by atoms with van der Waals surface area (Å²) >= 11 is 0. The van der Waals surface area contributed by atoms with Gasteiger partial charge in [-0.25, -0.2) is 9.37 Å². The third-order valence-electron chi connectivity index (χ3n) is 5.18. The minimum atomic E-state index is -0.397. The molecule has 2 heterocycles. The smallest absolute Gasteiger partial charge is 0.273 e. The highest BCUT2D eigenvalue weighted by Gasteiger charge is 2.21. The molecular formula is C22H29FN4O3. The maximum Gasteiger partial charge on any atom is 0.273 e. The van der Waals surface area contributed by atoms with Crippen molar-refractivity contribution in [2.75, 3.05) is 32.7 Å². The van der Waals surface area contributed by atoms with Crippen molar-refractivity contribution in [3.63, 3.8) is 0 Å². The largest absolute Gasteiger partial charge is 0.447 e. The molecule has 1 amide bonds. The lowest BCUT2D eigenvalue weighted by Crippen LogP contribution is -2.48. The number of aromatic nitrogens is 1. The van der Waals surface area contributed by atoms with Crippen molar-refractivity contribution in [3.8, 4) is 0 Å². The average molecular weight is 416 g/mol. The van der Waals surface area contributed by atoms with E-state index in [1.165, 1.54) is 12.3 Å². The molecule has 1 aromatic heterocycles. The van der Waals surface area contributed by atoms with E-state index in [1.54, 1.807) is 18.2 Å². The highest BCUT2D eigenvalue weighted by Crippen LogP contribution is 2.11. The molecule has 0 radical (unpaired) electrons. The molecule has 0 bridgehead atoms. The van der Waals surface area contributed by atoms with Gasteiger partial charge in [-0.2, -0.15) is 0 Å². The monoisotopic (exact) mass is 416 g/mol. The molecule has 1 saturated heterocycles. The van der Waals surface area contributed by atoms with Crippen LogP contribution >= 0.6 is 0 Å². The van der Waals surface area contributed by atoms with Crippen LogP contribution in [0.5, 0.6) is 0 Å². The minimum absolute atomic E-state index is 0.0916. The SMILES string of the molecule is C=CCCC(O)CN1CCN(Cc2nc(C(=O)NCc3ccccc3F)co2)CC1. The second kappa shape index (κ2) is 11.0. The van der Waals surface area contributed by atoms with E-state index in [-0.39, 0.29) is 24.2 Å². The summed E-state index contributed by atoms with van der Waals surface area (Å²) in [6.45, 7) is 8.37. The number of piperazine rings is 1. The van der Waals surface area contributed by atoms with Gasteiger partial charge in [-0.3, -0.25) is 14.6 Å². The number of aliphatic hydroxyl groups is 1. The van der Waals surface area contributed by atoms with Gasteiger partial charge in [0, 0.05) is 44.8 Å². The number of benzene rings is 1. The molecule has 2 N–H and O–H groups in total. The Balaban J connectivity index is 1.42. The van der Waals surface area contributed by atoms with Gasteiger partial charge in [0.15, 0.2) is 5.69 Å². The first-order valence-electron chi connectivity index (χ1n) is 10.2.